The van der Waals surface area contributed by atoms with E-state index < -0.39 is 0 Å². The molecule has 0 bridgehead atoms. The molecule has 6 nitrogen and oxygen atoms in total. The van der Waals surface area contributed by atoms with Gasteiger partial charge < -0.3 is 19.9 Å². The van der Waals surface area contributed by atoms with Gasteiger partial charge >= 0.3 is 0 Å². The van der Waals surface area contributed by atoms with Gasteiger partial charge in [0.1, 0.15) is 5.75 Å². The average Bonchev–Trinajstić information content (AvgIpc) is 3.57. The van der Waals surface area contributed by atoms with Crippen LogP contribution >= 0.6 is 24.0 Å². The van der Waals surface area contributed by atoms with Crippen LogP contribution in [0.5, 0.6) is 5.75 Å². The molecule has 0 saturated heterocycles. The number of para-hydroxylation sites is 1. The number of nitrogens with zero attached hydrogens (tertiary/aromatic N) is 2. The van der Waals surface area contributed by atoms with E-state index in [1.54, 1.807) is 6.07 Å². The molecule has 2 aromatic rings. The fourth-order valence-electron chi connectivity index (χ4n) is 3.29. The molecule has 1 heterocycles. The number of hydrogen-bond acceptors (Lipinski definition) is 3. The van der Waals surface area contributed by atoms with Gasteiger partial charge in [0.2, 0.25) is 0 Å². The highest BCUT2D eigenvalue weighted by atomic mass is 127. The Morgan fingerprint density at radius 3 is 2.68 bits per heavy atom. The van der Waals surface area contributed by atoms with Crippen molar-refractivity contribution in [3.8, 4) is 5.75 Å². The van der Waals surface area contributed by atoms with E-state index in [1.165, 1.54) is 12.8 Å². The topological polar surface area (TPSA) is 67.7 Å². The lowest BCUT2D eigenvalue weighted by Gasteiger charge is -2.13. The molecule has 0 spiro atoms. The Hall–Kier alpha value is -2.03. The minimum Gasteiger partial charge on any atom is -0.493 e. The number of unbranched alkanes of at least 4 members (excludes halogenated alkanes) is 1. The standard InChI is InChI=1S/C24H34N4O2.HI/c1-3-25-24(26-15-6-7-16-28-19(2)9-8-12-23(28)29)27-17-21-10-4-5-11-22(21)30-18-20-13-14-20;/h4-5,8-12,20H,3,6-7,13-18H2,1-2H3,(H2,25,26,27);1H. The van der Waals surface area contributed by atoms with Crippen molar-refractivity contribution in [3.05, 3.63) is 64.1 Å². The molecule has 1 saturated carbocycles. The van der Waals surface area contributed by atoms with Crippen LogP contribution in [0.2, 0.25) is 0 Å². The second kappa shape index (κ2) is 13.4. The van der Waals surface area contributed by atoms with Crippen LogP contribution in [0.25, 0.3) is 0 Å². The van der Waals surface area contributed by atoms with Crippen molar-refractivity contribution >= 4 is 29.9 Å². The van der Waals surface area contributed by atoms with Crippen LogP contribution in [0.3, 0.4) is 0 Å². The molecular weight excluding hydrogens is 503 g/mol. The number of rotatable bonds is 11. The molecule has 0 radical (unpaired) electrons. The Kier molecular flexibility index (Phi) is 10.9. The molecule has 1 aromatic heterocycles. The van der Waals surface area contributed by atoms with Crippen molar-refractivity contribution in [2.24, 2.45) is 10.9 Å². The predicted octanol–water partition coefficient (Wildman–Crippen LogP) is 4.10. The van der Waals surface area contributed by atoms with E-state index in [9.17, 15) is 4.79 Å². The van der Waals surface area contributed by atoms with Crippen molar-refractivity contribution < 1.29 is 4.74 Å². The number of aromatic nitrogens is 1. The van der Waals surface area contributed by atoms with Gasteiger partial charge in [0.25, 0.3) is 5.56 Å². The summed E-state index contributed by atoms with van der Waals surface area (Å²) in [6.45, 7) is 7.79. The zero-order valence-electron chi connectivity index (χ0n) is 18.6. The van der Waals surface area contributed by atoms with Gasteiger partial charge in [0, 0.05) is 37.0 Å². The van der Waals surface area contributed by atoms with Crippen molar-refractivity contribution in [1.29, 1.82) is 0 Å². The second-order valence-electron chi connectivity index (χ2n) is 7.85. The molecule has 3 rings (SSSR count). The summed E-state index contributed by atoms with van der Waals surface area (Å²) in [6.07, 6.45) is 4.47. The lowest BCUT2D eigenvalue weighted by atomic mass is 10.2. The Morgan fingerprint density at radius 1 is 1.13 bits per heavy atom. The smallest absolute Gasteiger partial charge is 0.250 e. The highest BCUT2D eigenvalue weighted by Gasteiger charge is 2.22. The Labute approximate surface area is 202 Å². The minimum atomic E-state index is 0. The van der Waals surface area contributed by atoms with E-state index in [2.05, 4.69) is 23.6 Å². The fourth-order valence-corrected chi connectivity index (χ4v) is 3.29. The number of nitrogens with one attached hydrogen (secondary N) is 2. The number of aryl methyl sites for hydroxylation is 1. The lowest BCUT2D eigenvalue weighted by molar-refractivity contribution is 0.297. The lowest BCUT2D eigenvalue weighted by Crippen LogP contribution is -2.37. The number of halogens is 1. The minimum absolute atomic E-state index is 0. The van der Waals surface area contributed by atoms with Gasteiger partial charge in [-0.15, -0.1) is 24.0 Å². The predicted molar refractivity (Wildman–Crippen MR) is 138 cm³/mol. The summed E-state index contributed by atoms with van der Waals surface area (Å²) in [7, 11) is 0. The Morgan fingerprint density at radius 2 is 1.94 bits per heavy atom. The Bertz CT molecular complexity index is 893. The van der Waals surface area contributed by atoms with Crippen molar-refractivity contribution in [1.82, 2.24) is 15.2 Å². The molecule has 170 valence electrons. The Balaban J connectivity index is 0.00000341. The van der Waals surface area contributed by atoms with Gasteiger partial charge in [-0.3, -0.25) is 4.79 Å². The van der Waals surface area contributed by atoms with Crippen LogP contribution in [0.1, 0.15) is 43.9 Å². The molecule has 1 aromatic carbocycles. The van der Waals surface area contributed by atoms with Crippen LogP contribution < -0.4 is 20.9 Å². The van der Waals surface area contributed by atoms with E-state index in [0.717, 1.165) is 68.0 Å². The van der Waals surface area contributed by atoms with Gasteiger partial charge in [0.15, 0.2) is 5.96 Å². The van der Waals surface area contributed by atoms with E-state index in [0.29, 0.717) is 6.54 Å². The van der Waals surface area contributed by atoms with E-state index in [4.69, 9.17) is 9.73 Å². The molecule has 0 atom stereocenters. The SMILES string of the molecule is CCNC(=NCc1ccccc1OCC1CC1)NCCCCn1c(C)cccc1=O.I. The molecular formula is C24H35IN4O2. The first-order valence-electron chi connectivity index (χ1n) is 11.1. The summed E-state index contributed by atoms with van der Waals surface area (Å²) < 4.78 is 7.82. The largest absolute Gasteiger partial charge is 0.493 e. The number of ether oxygens (including phenoxy) is 1. The van der Waals surface area contributed by atoms with Crippen LogP contribution in [0.15, 0.2) is 52.3 Å². The fraction of sp³-hybridized carbons (Fsp3) is 0.500. The van der Waals surface area contributed by atoms with Gasteiger partial charge in [-0.05, 0) is 57.6 Å². The summed E-state index contributed by atoms with van der Waals surface area (Å²) in [5.74, 6) is 2.48. The molecule has 0 aliphatic heterocycles. The average molecular weight is 538 g/mol. The number of hydrogen-bond donors (Lipinski definition) is 2. The van der Waals surface area contributed by atoms with E-state index in [1.807, 2.05) is 41.8 Å². The number of aliphatic imine (C=N–C) groups is 1. The zero-order valence-corrected chi connectivity index (χ0v) is 20.9. The summed E-state index contributed by atoms with van der Waals surface area (Å²) in [5, 5.41) is 6.70. The third kappa shape index (κ3) is 8.55. The summed E-state index contributed by atoms with van der Waals surface area (Å²) in [5.41, 5.74) is 2.18. The summed E-state index contributed by atoms with van der Waals surface area (Å²) in [6, 6.07) is 13.6. The summed E-state index contributed by atoms with van der Waals surface area (Å²) in [4.78, 5) is 16.7. The van der Waals surface area contributed by atoms with Gasteiger partial charge in [-0.2, -0.15) is 0 Å². The molecule has 0 unspecified atom stereocenters. The maximum absolute atomic E-state index is 11.9. The quantitative estimate of drug-likeness (QED) is 0.196. The van der Waals surface area contributed by atoms with Crippen molar-refractivity contribution in [2.75, 3.05) is 19.7 Å². The van der Waals surface area contributed by atoms with Crippen LogP contribution in [0, 0.1) is 12.8 Å². The van der Waals surface area contributed by atoms with Gasteiger partial charge in [0.05, 0.1) is 13.2 Å². The van der Waals surface area contributed by atoms with Crippen molar-refractivity contribution in [3.63, 3.8) is 0 Å². The van der Waals surface area contributed by atoms with Gasteiger partial charge in [-0.25, -0.2) is 4.99 Å². The van der Waals surface area contributed by atoms with Gasteiger partial charge in [-0.1, -0.05) is 24.3 Å². The van der Waals surface area contributed by atoms with Crippen LogP contribution in [-0.4, -0.2) is 30.2 Å². The van der Waals surface area contributed by atoms with E-state index >= 15 is 0 Å². The zero-order chi connectivity index (χ0) is 21.2. The van der Waals surface area contributed by atoms with Crippen LogP contribution in [0.4, 0.5) is 0 Å². The van der Waals surface area contributed by atoms with Crippen molar-refractivity contribution in [2.45, 2.75) is 52.6 Å². The normalized spacial score (nSPS) is 13.4. The molecule has 2 N–H and O–H groups in total. The second-order valence-corrected chi connectivity index (χ2v) is 7.85. The summed E-state index contributed by atoms with van der Waals surface area (Å²) >= 11 is 0. The number of guanidine groups is 1. The number of pyridine rings is 1. The van der Waals surface area contributed by atoms with Crippen LogP contribution in [-0.2, 0) is 13.1 Å². The monoisotopic (exact) mass is 538 g/mol. The molecule has 1 aliphatic rings. The molecule has 1 fully saturated rings. The maximum atomic E-state index is 11.9. The number of benzene rings is 1. The first kappa shape index (κ1) is 25.2. The maximum Gasteiger partial charge on any atom is 0.250 e. The molecule has 31 heavy (non-hydrogen) atoms. The first-order chi connectivity index (χ1) is 14.7. The van der Waals surface area contributed by atoms with E-state index in [-0.39, 0.29) is 29.5 Å². The highest BCUT2D eigenvalue weighted by Crippen LogP contribution is 2.30. The molecule has 0 amide bonds. The first-order valence-corrected chi connectivity index (χ1v) is 11.1. The highest BCUT2D eigenvalue weighted by molar-refractivity contribution is 14.0. The third-order valence-electron chi connectivity index (χ3n) is 5.26. The molecule has 7 heteroatoms. The molecule has 1 aliphatic carbocycles. The third-order valence-corrected chi connectivity index (χ3v) is 5.26.